The molecule has 0 radical (unpaired) electrons. The first kappa shape index (κ1) is 24.6. The van der Waals surface area contributed by atoms with Crippen molar-refractivity contribution >= 4 is 46.3 Å². The first-order chi connectivity index (χ1) is 16.8. The van der Waals surface area contributed by atoms with Crippen LogP contribution in [-0.2, 0) is 9.59 Å². The highest BCUT2D eigenvalue weighted by Crippen LogP contribution is 2.44. The van der Waals surface area contributed by atoms with Crippen molar-refractivity contribution in [1.29, 1.82) is 0 Å². The number of benzene rings is 3. The Hall–Kier alpha value is -3.48. The van der Waals surface area contributed by atoms with Gasteiger partial charge >= 0.3 is 0 Å². The second kappa shape index (κ2) is 10.0. The number of hydrogen-bond acceptors (Lipinski definition) is 5. The molecule has 1 amide bonds. The van der Waals surface area contributed by atoms with E-state index in [2.05, 4.69) is 0 Å². The van der Waals surface area contributed by atoms with Crippen molar-refractivity contribution in [3.8, 4) is 11.5 Å². The fourth-order valence-electron chi connectivity index (χ4n) is 4.15. The van der Waals surface area contributed by atoms with Gasteiger partial charge in [0.15, 0.2) is 0 Å². The predicted molar refractivity (Wildman–Crippen MR) is 137 cm³/mol. The highest BCUT2D eigenvalue weighted by Gasteiger charge is 2.47. The van der Waals surface area contributed by atoms with Crippen molar-refractivity contribution in [2.75, 3.05) is 18.6 Å². The zero-order valence-corrected chi connectivity index (χ0v) is 20.9. The molecule has 1 heterocycles. The third kappa shape index (κ3) is 4.59. The molecule has 180 valence electrons. The number of methoxy groups -OCH3 is 1. The Labute approximate surface area is 213 Å². The molecule has 6 nitrogen and oxygen atoms in total. The van der Waals surface area contributed by atoms with E-state index in [9.17, 15) is 14.7 Å². The van der Waals surface area contributed by atoms with Crippen LogP contribution >= 0.6 is 23.2 Å². The van der Waals surface area contributed by atoms with E-state index in [1.807, 2.05) is 32.0 Å². The van der Waals surface area contributed by atoms with Gasteiger partial charge in [-0.2, -0.15) is 0 Å². The number of ketones is 1. The van der Waals surface area contributed by atoms with Crippen LogP contribution in [-0.4, -0.2) is 30.5 Å². The summed E-state index contributed by atoms with van der Waals surface area (Å²) >= 11 is 12.7. The number of amides is 1. The number of rotatable bonds is 6. The Morgan fingerprint density at radius 1 is 1.03 bits per heavy atom. The Kier molecular flexibility index (Phi) is 7.05. The maximum absolute atomic E-state index is 13.4. The van der Waals surface area contributed by atoms with Gasteiger partial charge in [0.1, 0.15) is 17.3 Å². The fraction of sp³-hybridized carbons (Fsp3) is 0.185. The molecule has 3 aromatic carbocycles. The molecule has 1 unspecified atom stereocenters. The normalized spacial score (nSPS) is 17.1. The van der Waals surface area contributed by atoms with E-state index < -0.39 is 17.7 Å². The highest BCUT2D eigenvalue weighted by atomic mass is 35.5. The van der Waals surface area contributed by atoms with Crippen molar-refractivity contribution in [1.82, 2.24) is 0 Å². The van der Waals surface area contributed by atoms with E-state index in [-0.39, 0.29) is 26.9 Å². The lowest BCUT2D eigenvalue weighted by molar-refractivity contribution is -0.132. The number of aliphatic hydroxyl groups is 1. The van der Waals surface area contributed by atoms with Crippen molar-refractivity contribution in [2.24, 2.45) is 0 Å². The average Bonchev–Trinajstić information content (AvgIpc) is 3.10. The molecule has 8 heteroatoms. The summed E-state index contributed by atoms with van der Waals surface area (Å²) in [5, 5.41) is 11.9. The van der Waals surface area contributed by atoms with Gasteiger partial charge in [-0.25, -0.2) is 0 Å². The SMILES string of the molecule is CCOc1ccc(Cl)c(/C(O)=C2\C(=O)C(=O)N(c3ccc(OC)c(Cl)c3)C2c2cccc(C)c2)c1. The lowest BCUT2D eigenvalue weighted by Gasteiger charge is -2.26. The van der Waals surface area contributed by atoms with Gasteiger partial charge in [-0.1, -0.05) is 53.0 Å². The van der Waals surface area contributed by atoms with E-state index in [0.717, 1.165) is 5.56 Å². The third-order valence-electron chi connectivity index (χ3n) is 5.72. The molecule has 1 saturated heterocycles. The van der Waals surface area contributed by atoms with Gasteiger partial charge in [-0.3, -0.25) is 14.5 Å². The number of ether oxygens (including phenoxy) is 2. The molecular formula is C27H23Cl2NO5. The second-order valence-corrected chi connectivity index (χ2v) is 8.79. The van der Waals surface area contributed by atoms with Crippen LogP contribution < -0.4 is 14.4 Å². The molecule has 1 N–H and O–H groups in total. The number of Topliss-reactive ketones (excluding diaryl/α,β-unsaturated/α-hetero) is 1. The van der Waals surface area contributed by atoms with Crippen LogP contribution in [0, 0.1) is 6.92 Å². The summed E-state index contributed by atoms with van der Waals surface area (Å²) in [6.45, 7) is 4.15. The van der Waals surface area contributed by atoms with E-state index in [1.165, 1.54) is 12.0 Å². The number of aryl methyl sites for hydroxylation is 1. The lowest BCUT2D eigenvalue weighted by Crippen LogP contribution is -2.29. The molecule has 0 aromatic heterocycles. The molecule has 1 atom stereocenters. The smallest absolute Gasteiger partial charge is 0.300 e. The molecule has 35 heavy (non-hydrogen) atoms. The molecule has 1 aliphatic rings. The van der Waals surface area contributed by atoms with Crippen LogP contribution in [0.25, 0.3) is 5.76 Å². The summed E-state index contributed by atoms with van der Waals surface area (Å²) in [5.41, 5.74) is 2.08. The predicted octanol–water partition coefficient (Wildman–Crippen LogP) is 6.34. The van der Waals surface area contributed by atoms with Crippen LogP contribution in [0.4, 0.5) is 5.69 Å². The van der Waals surface area contributed by atoms with Gasteiger partial charge < -0.3 is 14.6 Å². The van der Waals surface area contributed by atoms with Gasteiger partial charge in [0, 0.05) is 11.3 Å². The Morgan fingerprint density at radius 2 is 1.80 bits per heavy atom. The largest absolute Gasteiger partial charge is 0.507 e. The summed E-state index contributed by atoms with van der Waals surface area (Å²) in [6, 6.07) is 16.1. The molecule has 1 aliphatic heterocycles. The maximum atomic E-state index is 13.4. The van der Waals surface area contributed by atoms with Crippen LogP contribution in [0.5, 0.6) is 11.5 Å². The third-order valence-corrected chi connectivity index (χ3v) is 6.34. The van der Waals surface area contributed by atoms with Crippen molar-refractivity contribution in [2.45, 2.75) is 19.9 Å². The van der Waals surface area contributed by atoms with Crippen LogP contribution in [0.15, 0.2) is 66.2 Å². The maximum Gasteiger partial charge on any atom is 0.300 e. The summed E-state index contributed by atoms with van der Waals surface area (Å²) in [6.07, 6.45) is 0. The van der Waals surface area contributed by atoms with Crippen LogP contribution in [0.1, 0.15) is 29.7 Å². The van der Waals surface area contributed by atoms with Gasteiger partial charge in [0.25, 0.3) is 11.7 Å². The van der Waals surface area contributed by atoms with E-state index in [0.29, 0.717) is 29.4 Å². The zero-order valence-electron chi connectivity index (χ0n) is 19.3. The highest BCUT2D eigenvalue weighted by molar-refractivity contribution is 6.52. The zero-order chi connectivity index (χ0) is 25.3. The molecule has 4 rings (SSSR count). The molecule has 0 saturated carbocycles. The minimum Gasteiger partial charge on any atom is -0.507 e. The number of anilines is 1. The Morgan fingerprint density at radius 3 is 2.46 bits per heavy atom. The number of halogens is 2. The standard InChI is InChI=1S/C27H23Cl2NO5/c1-4-35-18-9-10-20(28)19(14-18)25(31)23-24(16-7-5-6-15(2)12-16)30(27(33)26(23)32)17-8-11-22(34-3)21(29)13-17/h5-14,24,31H,4H2,1-3H3/b25-23+. The molecule has 0 spiro atoms. The van der Waals surface area contributed by atoms with Crippen molar-refractivity contribution < 1.29 is 24.2 Å². The molecule has 1 fully saturated rings. The quantitative estimate of drug-likeness (QED) is 0.237. The summed E-state index contributed by atoms with van der Waals surface area (Å²) in [5.74, 6) is -1.11. The van der Waals surface area contributed by atoms with E-state index in [1.54, 1.807) is 42.5 Å². The van der Waals surface area contributed by atoms with Gasteiger partial charge in [-0.05, 0) is 55.8 Å². The summed E-state index contributed by atoms with van der Waals surface area (Å²) in [4.78, 5) is 28.0. The number of hydrogen-bond donors (Lipinski definition) is 1. The Balaban J connectivity index is 1.96. The fourth-order valence-corrected chi connectivity index (χ4v) is 4.61. The summed E-state index contributed by atoms with van der Waals surface area (Å²) in [7, 11) is 1.49. The first-order valence-electron chi connectivity index (χ1n) is 10.9. The van der Waals surface area contributed by atoms with Gasteiger partial charge in [0.2, 0.25) is 0 Å². The molecule has 0 bridgehead atoms. The van der Waals surface area contributed by atoms with Gasteiger partial charge in [0.05, 0.1) is 35.4 Å². The topological polar surface area (TPSA) is 76.1 Å². The number of aliphatic hydroxyl groups excluding tert-OH is 1. The van der Waals surface area contributed by atoms with Crippen LogP contribution in [0.3, 0.4) is 0 Å². The monoisotopic (exact) mass is 511 g/mol. The van der Waals surface area contributed by atoms with Crippen molar-refractivity contribution in [3.63, 3.8) is 0 Å². The lowest BCUT2D eigenvalue weighted by atomic mass is 9.94. The van der Waals surface area contributed by atoms with E-state index in [4.69, 9.17) is 32.7 Å². The molecule has 0 aliphatic carbocycles. The average molecular weight is 512 g/mol. The van der Waals surface area contributed by atoms with Crippen LogP contribution in [0.2, 0.25) is 10.0 Å². The molecular weight excluding hydrogens is 489 g/mol. The number of nitrogens with zero attached hydrogens (tertiary/aromatic N) is 1. The minimum atomic E-state index is -0.911. The van der Waals surface area contributed by atoms with E-state index >= 15 is 0 Å². The van der Waals surface area contributed by atoms with Crippen molar-refractivity contribution in [3.05, 3.63) is 93.0 Å². The number of carbonyl (C=O) groups is 2. The first-order valence-corrected chi connectivity index (χ1v) is 11.7. The number of carbonyl (C=O) groups excluding carboxylic acids is 2. The summed E-state index contributed by atoms with van der Waals surface area (Å²) < 4.78 is 10.8. The molecule has 3 aromatic rings. The Bertz CT molecular complexity index is 1350. The second-order valence-electron chi connectivity index (χ2n) is 7.98. The van der Waals surface area contributed by atoms with Gasteiger partial charge in [-0.15, -0.1) is 0 Å². The minimum absolute atomic E-state index is 0.0805.